The highest BCUT2D eigenvalue weighted by Crippen LogP contribution is 2.34. The number of aryl methyl sites for hydroxylation is 2. The van der Waals surface area contributed by atoms with E-state index in [1.54, 1.807) is 0 Å². The second kappa shape index (κ2) is 6.07. The molecule has 2 saturated carbocycles. The Bertz CT molecular complexity index is 459. The van der Waals surface area contributed by atoms with Crippen LogP contribution in [0, 0.1) is 12.8 Å². The highest BCUT2D eigenvalue weighted by molar-refractivity contribution is 6.30. The SMILES string of the molecule is Cc1nn(C)c(Cl)c1CN(CC1CC1)C1CCCCC1. The van der Waals surface area contributed by atoms with E-state index in [9.17, 15) is 0 Å². The average molecular weight is 296 g/mol. The molecule has 0 atom stereocenters. The van der Waals surface area contributed by atoms with Gasteiger partial charge in [-0.15, -0.1) is 0 Å². The van der Waals surface area contributed by atoms with Crippen molar-refractivity contribution in [2.24, 2.45) is 13.0 Å². The van der Waals surface area contributed by atoms with E-state index in [1.807, 2.05) is 11.7 Å². The largest absolute Gasteiger partial charge is 0.296 e. The molecule has 0 spiro atoms. The first-order valence-electron chi connectivity index (χ1n) is 8.07. The van der Waals surface area contributed by atoms with Gasteiger partial charge in [-0.25, -0.2) is 0 Å². The summed E-state index contributed by atoms with van der Waals surface area (Å²) in [6.45, 7) is 4.33. The first-order chi connectivity index (χ1) is 9.65. The van der Waals surface area contributed by atoms with Crippen molar-refractivity contribution in [1.29, 1.82) is 0 Å². The molecule has 0 radical (unpaired) electrons. The van der Waals surface area contributed by atoms with Crippen LogP contribution in [-0.4, -0.2) is 27.3 Å². The molecule has 2 aliphatic carbocycles. The summed E-state index contributed by atoms with van der Waals surface area (Å²) in [6.07, 6.45) is 9.77. The average Bonchev–Trinajstić information content (AvgIpc) is 3.23. The number of hydrogen-bond acceptors (Lipinski definition) is 2. The molecule has 1 heterocycles. The summed E-state index contributed by atoms with van der Waals surface area (Å²) in [7, 11) is 1.94. The van der Waals surface area contributed by atoms with Gasteiger partial charge in [0, 0.05) is 31.7 Å². The van der Waals surface area contributed by atoms with Crippen molar-refractivity contribution in [2.45, 2.75) is 64.5 Å². The molecule has 3 rings (SSSR count). The molecule has 2 aliphatic rings. The highest BCUT2D eigenvalue weighted by Gasteiger charge is 2.30. The first-order valence-corrected chi connectivity index (χ1v) is 8.45. The maximum absolute atomic E-state index is 6.42. The number of aromatic nitrogens is 2. The zero-order valence-electron chi connectivity index (χ0n) is 12.7. The topological polar surface area (TPSA) is 21.1 Å². The monoisotopic (exact) mass is 295 g/mol. The molecule has 3 nitrogen and oxygen atoms in total. The lowest BCUT2D eigenvalue weighted by atomic mass is 9.93. The van der Waals surface area contributed by atoms with Gasteiger partial charge in [-0.05, 0) is 38.5 Å². The standard InChI is InChI=1S/C16H26ClN3/c1-12-15(16(17)19(2)18-12)11-20(10-13-8-9-13)14-6-4-3-5-7-14/h13-14H,3-11H2,1-2H3. The molecule has 0 aliphatic heterocycles. The van der Waals surface area contributed by atoms with Gasteiger partial charge in [0.05, 0.1) is 5.69 Å². The second-order valence-corrected chi connectivity index (χ2v) is 7.00. The van der Waals surface area contributed by atoms with E-state index in [2.05, 4.69) is 16.9 Å². The lowest BCUT2D eigenvalue weighted by Gasteiger charge is -2.34. The summed E-state index contributed by atoms with van der Waals surface area (Å²) in [5.41, 5.74) is 2.33. The van der Waals surface area contributed by atoms with E-state index >= 15 is 0 Å². The molecule has 0 amide bonds. The minimum Gasteiger partial charge on any atom is -0.296 e. The van der Waals surface area contributed by atoms with Gasteiger partial charge < -0.3 is 0 Å². The minimum absolute atomic E-state index is 0.764. The molecule has 20 heavy (non-hydrogen) atoms. The summed E-state index contributed by atoms with van der Waals surface area (Å²) in [5, 5.41) is 5.28. The lowest BCUT2D eigenvalue weighted by molar-refractivity contribution is 0.141. The van der Waals surface area contributed by atoms with Crippen LogP contribution < -0.4 is 0 Å². The minimum atomic E-state index is 0.764. The molecule has 2 fully saturated rings. The van der Waals surface area contributed by atoms with Crippen LogP contribution in [0.25, 0.3) is 0 Å². The van der Waals surface area contributed by atoms with E-state index in [0.717, 1.165) is 29.4 Å². The van der Waals surface area contributed by atoms with Crippen LogP contribution >= 0.6 is 11.6 Å². The highest BCUT2D eigenvalue weighted by atomic mass is 35.5. The number of rotatable bonds is 5. The summed E-state index contributed by atoms with van der Waals surface area (Å²) in [5.74, 6) is 0.938. The first kappa shape index (κ1) is 14.4. The molecule has 1 aromatic rings. The van der Waals surface area contributed by atoms with Gasteiger partial charge in [-0.3, -0.25) is 9.58 Å². The van der Waals surface area contributed by atoms with Gasteiger partial charge in [-0.1, -0.05) is 30.9 Å². The Morgan fingerprint density at radius 3 is 2.45 bits per heavy atom. The molecule has 0 N–H and O–H groups in total. The van der Waals surface area contributed by atoms with Gasteiger partial charge in [0.2, 0.25) is 0 Å². The summed E-state index contributed by atoms with van der Waals surface area (Å²) in [6, 6.07) is 0.764. The fraction of sp³-hybridized carbons (Fsp3) is 0.812. The molecule has 1 aromatic heterocycles. The maximum Gasteiger partial charge on any atom is 0.131 e. The fourth-order valence-corrected chi connectivity index (χ4v) is 3.71. The van der Waals surface area contributed by atoms with Gasteiger partial charge in [-0.2, -0.15) is 5.10 Å². The van der Waals surface area contributed by atoms with E-state index < -0.39 is 0 Å². The fourth-order valence-electron chi connectivity index (χ4n) is 3.48. The molecular formula is C16H26ClN3. The summed E-state index contributed by atoms with van der Waals surface area (Å²) < 4.78 is 1.81. The third kappa shape index (κ3) is 3.20. The van der Waals surface area contributed by atoms with Gasteiger partial charge in [0.25, 0.3) is 0 Å². The second-order valence-electron chi connectivity index (χ2n) is 6.64. The lowest BCUT2D eigenvalue weighted by Crippen LogP contribution is -2.37. The Labute approximate surface area is 127 Å². The smallest absolute Gasteiger partial charge is 0.131 e. The third-order valence-corrected chi connectivity index (χ3v) is 5.38. The van der Waals surface area contributed by atoms with Crippen molar-refractivity contribution in [2.75, 3.05) is 6.54 Å². The normalized spacial score (nSPS) is 20.8. The predicted octanol–water partition coefficient (Wildman–Crippen LogP) is 3.93. The van der Waals surface area contributed by atoms with Crippen LogP contribution in [0.5, 0.6) is 0 Å². The van der Waals surface area contributed by atoms with E-state index in [0.29, 0.717) is 0 Å². The molecular weight excluding hydrogens is 270 g/mol. The third-order valence-electron chi connectivity index (χ3n) is 4.91. The molecule has 0 unspecified atom stereocenters. The number of halogens is 1. The van der Waals surface area contributed by atoms with E-state index in [4.69, 9.17) is 11.6 Å². The van der Waals surface area contributed by atoms with Crippen LogP contribution in [0.15, 0.2) is 0 Å². The van der Waals surface area contributed by atoms with Crippen molar-refractivity contribution in [3.8, 4) is 0 Å². The summed E-state index contributed by atoms with van der Waals surface area (Å²) in [4.78, 5) is 2.70. The van der Waals surface area contributed by atoms with Crippen molar-refractivity contribution in [1.82, 2.24) is 14.7 Å². The molecule has 0 aromatic carbocycles. The van der Waals surface area contributed by atoms with Crippen molar-refractivity contribution >= 4 is 11.6 Å². The van der Waals surface area contributed by atoms with Crippen molar-refractivity contribution in [3.05, 3.63) is 16.4 Å². The zero-order valence-corrected chi connectivity index (χ0v) is 13.5. The van der Waals surface area contributed by atoms with Gasteiger partial charge >= 0.3 is 0 Å². The Kier molecular flexibility index (Phi) is 4.37. The predicted molar refractivity (Wildman–Crippen MR) is 83.0 cm³/mol. The Morgan fingerprint density at radius 2 is 1.90 bits per heavy atom. The maximum atomic E-state index is 6.42. The van der Waals surface area contributed by atoms with E-state index in [-0.39, 0.29) is 0 Å². The zero-order chi connectivity index (χ0) is 14.1. The number of nitrogens with zero attached hydrogens (tertiary/aromatic N) is 3. The Hall–Kier alpha value is -0.540. The van der Waals surface area contributed by atoms with Crippen molar-refractivity contribution in [3.63, 3.8) is 0 Å². The van der Waals surface area contributed by atoms with Crippen LogP contribution in [-0.2, 0) is 13.6 Å². The molecule has 0 saturated heterocycles. The quantitative estimate of drug-likeness (QED) is 0.821. The Balaban J connectivity index is 1.74. The van der Waals surface area contributed by atoms with E-state index in [1.165, 1.54) is 57.1 Å². The van der Waals surface area contributed by atoms with Gasteiger partial charge in [0.15, 0.2) is 0 Å². The van der Waals surface area contributed by atoms with Gasteiger partial charge in [0.1, 0.15) is 5.15 Å². The molecule has 112 valence electrons. The van der Waals surface area contributed by atoms with Crippen LogP contribution in [0.2, 0.25) is 5.15 Å². The summed E-state index contributed by atoms with van der Waals surface area (Å²) >= 11 is 6.42. The Morgan fingerprint density at radius 1 is 1.20 bits per heavy atom. The van der Waals surface area contributed by atoms with Crippen LogP contribution in [0.1, 0.15) is 56.2 Å². The molecule has 4 heteroatoms. The van der Waals surface area contributed by atoms with Crippen LogP contribution in [0.3, 0.4) is 0 Å². The molecule has 0 bridgehead atoms. The van der Waals surface area contributed by atoms with Crippen molar-refractivity contribution < 1.29 is 0 Å². The van der Waals surface area contributed by atoms with Crippen LogP contribution in [0.4, 0.5) is 0 Å². The number of hydrogen-bond donors (Lipinski definition) is 0.